The van der Waals surface area contributed by atoms with E-state index in [1.54, 1.807) is 4.90 Å². The highest BCUT2D eigenvalue weighted by Gasteiger charge is 2.35. The minimum atomic E-state index is -0.336. The molecule has 3 rings (SSSR count). The van der Waals surface area contributed by atoms with Gasteiger partial charge in [-0.25, -0.2) is 0 Å². The largest absolute Gasteiger partial charge is 0.351 e. The SMILES string of the molecule is Cl.NCC1CCCC1NC(=O)C1CCCCN1C(=O)c1cccs1. The van der Waals surface area contributed by atoms with Crippen LogP contribution in [-0.4, -0.2) is 41.9 Å². The first-order chi connectivity index (χ1) is 11.2. The van der Waals surface area contributed by atoms with Crippen LogP contribution in [0.15, 0.2) is 17.5 Å². The molecule has 24 heavy (non-hydrogen) atoms. The number of nitrogens with two attached hydrogens (primary N) is 1. The van der Waals surface area contributed by atoms with Crippen LogP contribution < -0.4 is 11.1 Å². The molecule has 2 fully saturated rings. The molecule has 1 saturated carbocycles. The molecule has 134 valence electrons. The van der Waals surface area contributed by atoms with Gasteiger partial charge in [0.25, 0.3) is 5.91 Å². The van der Waals surface area contributed by atoms with E-state index in [9.17, 15) is 9.59 Å². The fourth-order valence-electron chi connectivity index (χ4n) is 3.78. The summed E-state index contributed by atoms with van der Waals surface area (Å²) in [4.78, 5) is 27.9. The molecule has 2 amide bonds. The highest BCUT2D eigenvalue weighted by Crippen LogP contribution is 2.26. The third-order valence-electron chi connectivity index (χ3n) is 5.09. The number of rotatable bonds is 4. The van der Waals surface area contributed by atoms with Gasteiger partial charge in [-0.15, -0.1) is 23.7 Å². The van der Waals surface area contributed by atoms with Crippen molar-refractivity contribution in [3.05, 3.63) is 22.4 Å². The van der Waals surface area contributed by atoms with Gasteiger partial charge in [-0.1, -0.05) is 12.5 Å². The van der Waals surface area contributed by atoms with Gasteiger partial charge in [-0.3, -0.25) is 9.59 Å². The third kappa shape index (κ3) is 4.10. The first kappa shape index (κ1) is 19.2. The monoisotopic (exact) mass is 371 g/mol. The molecule has 1 aliphatic carbocycles. The Labute approximate surface area is 153 Å². The van der Waals surface area contributed by atoms with Crippen molar-refractivity contribution >= 4 is 35.6 Å². The number of nitrogens with one attached hydrogen (secondary N) is 1. The number of carbonyl (C=O) groups is 2. The molecule has 1 aromatic rings. The molecule has 0 aromatic carbocycles. The predicted octanol–water partition coefficient (Wildman–Crippen LogP) is 2.41. The Bertz CT molecular complexity index is 552. The van der Waals surface area contributed by atoms with Crippen LogP contribution in [0.5, 0.6) is 0 Å². The van der Waals surface area contributed by atoms with Crippen molar-refractivity contribution in [1.82, 2.24) is 10.2 Å². The molecule has 1 saturated heterocycles. The maximum absolute atomic E-state index is 12.8. The molecule has 3 atom stereocenters. The van der Waals surface area contributed by atoms with Crippen LogP contribution in [-0.2, 0) is 4.79 Å². The summed E-state index contributed by atoms with van der Waals surface area (Å²) in [5.74, 6) is 0.366. The van der Waals surface area contributed by atoms with Crippen molar-refractivity contribution in [2.45, 2.75) is 50.6 Å². The predicted molar refractivity (Wildman–Crippen MR) is 98.6 cm³/mol. The van der Waals surface area contributed by atoms with E-state index in [1.807, 2.05) is 17.5 Å². The maximum atomic E-state index is 12.8. The van der Waals surface area contributed by atoms with Crippen LogP contribution in [0.25, 0.3) is 0 Å². The summed E-state index contributed by atoms with van der Waals surface area (Å²) < 4.78 is 0. The number of halogens is 1. The first-order valence-corrected chi connectivity index (χ1v) is 9.43. The van der Waals surface area contributed by atoms with Crippen molar-refractivity contribution in [3.8, 4) is 0 Å². The molecule has 3 unspecified atom stereocenters. The molecule has 0 spiro atoms. The fraction of sp³-hybridized carbons (Fsp3) is 0.647. The van der Waals surface area contributed by atoms with E-state index in [1.165, 1.54) is 11.3 Å². The van der Waals surface area contributed by atoms with Gasteiger partial charge in [-0.05, 0) is 56.0 Å². The molecule has 1 aromatic heterocycles. The number of piperidine rings is 1. The van der Waals surface area contributed by atoms with Gasteiger partial charge in [-0.2, -0.15) is 0 Å². The van der Waals surface area contributed by atoms with Crippen molar-refractivity contribution in [1.29, 1.82) is 0 Å². The van der Waals surface area contributed by atoms with Crippen molar-refractivity contribution in [3.63, 3.8) is 0 Å². The molecule has 5 nitrogen and oxygen atoms in total. The smallest absolute Gasteiger partial charge is 0.264 e. The lowest BCUT2D eigenvalue weighted by Gasteiger charge is -2.35. The molecular formula is C17H26ClN3O2S. The quantitative estimate of drug-likeness (QED) is 0.853. The summed E-state index contributed by atoms with van der Waals surface area (Å²) >= 11 is 1.44. The van der Waals surface area contributed by atoms with Gasteiger partial charge in [0.05, 0.1) is 4.88 Å². The Morgan fingerprint density at radius 3 is 2.79 bits per heavy atom. The van der Waals surface area contributed by atoms with E-state index < -0.39 is 0 Å². The topological polar surface area (TPSA) is 75.4 Å². The Morgan fingerprint density at radius 1 is 1.25 bits per heavy atom. The van der Waals surface area contributed by atoms with Crippen molar-refractivity contribution in [2.75, 3.05) is 13.1 Å². The number of carbonyl (C=O) groups excluding carboxylic acids is 2. The summed E-state index contributed by atoms with van der Waals surface area (Å²) in [5.41, 5.74) is 5.80. The van der Waals surface area contributed by atoms with Crippen LogP contribution in [0.1, 0.15) is 48.2 Å². The van der Waals surface area contributed by atoms with Crippen LogP contribution in [0.4, 0.5) is 0 Å². The number of likely N-dealkylation sites (tertiary alicyclic amines) is 1. The second kappa shape index (κ2) is 8.83. The number of thiophene rings is 1. The van der Waals surface area contributed by atoms with Gasteiger partial charge < -0.3 is 16.0 Å². The standard InChI is InChI=1S/C17H25N3O2S.ClH/c18-11-12-5-3-6-13(12)19-16(21)14-7-1-2-9-20(14)17(22)15-8-4-10-23-15;/h4,8,10,12-14H,1-3,5-7,9,11,18H2,(H,19,21);1H. The van der Waals surface area contributed by atoms with E-state index >= 15 is 0 Å². The van der Waals surface area contributed by atoms with Crippen molar-refractivity contribution in [2.24, 2.45) is 11.7 Å². The van der Waals surface area contributed by atoms with Gasteiger partial charge >= 0.3 is 0 Å². The van der Waals surface area contributed by atoms with E-state index in [0.717, 1.165) is 38.5 Å². The molecule has 2 aliphatic rings. The van der Waals surface area contributed by atoms with Gasteiger partial charge in [0.2, 0.25) is 5.91 Å². The molecule has 0 radical (unpaired) electrons. The normalized spacial score (nSPS) is 26.7. The molecule has 0 bridgehead atoms. The summed E-state index contributed by atoms with van der Waals surface area (Å²) in [6, 6.07) is 3.55. The Balaban J connectivity index is 0.00000208. The number of hydrogen-bond donors (Lipinski definition) is 2. The van der Waals surface area contributed by atoms with E-state index in [0.29, 0.717) is 23.9 Å². The van der Waals surface area contributed by atoms with Gasteiger partial charge in [0.15, 0.2) is 0 Å². The lowest BCUT2D eigenvalue weighted by atomic mass is 9.99. The number of hydrogen-bond acceptors (Lipinski definition) is 4. The Kier molecular flexibility index (Phi) is 7.07. The number of nitrogens with zero attached hydrogens (tertiary/aromatic N) is 1. The number of amides is 2. The van der Waals surface area contributed by atoms with E-state index in [4.69, 9.17) is 5.73 Å². The summed E-state index contributed by atoms with van der Waals surface area (Å²) in [5, 5.41) is 5.07. The van der Waals surface area contributed by atoms with Crippen molar-refractivity contribution < 1.29 is 9.59 Å². The molecular weight excluding hydrogens is 346 g/mol. The zero-order valence-electron chi connectivity index (χ0n) is 13.8. The highest BCUT2D eigenvalue weighted by atomic mass is 35.5. The Hall–Kier alpha value is -1.11. The van der Waals surface area contributed by atoms with E-state index in [2.05, 4.69) is 5.32 Å². The van der Waals surface area contributed by atoms with Gasteiger partial charge in [0.1, 0.15) is 6.04 Å². The van der Waals surface area contributed by atoms with Gasteiger partial charge in [0, 0.05) is 12.6 Å². The Morgan fingerprint density at radius 2 is 2.08 bits per heavy atom. The first-order valence-electron chi connectivity index (χ1n) is 8.55. The lowest BCUT2D eigenvalue weighted by Crippen LogP contribution is -2.54. The molecule has 3 N–H and O–H groups in total. The highest BCUT2D eigenvalue weighted by molar-refractivity contribution is 7.12. The van der Waals surface area contributed by atoms with Crippen LogP contribution in [0, 0.1) is 5.92 Å². The second-order valence-electron chi connectivity index (χ2n) is 6.53. The second-order valence-corrected chi connectivity index (χ2v) is 7.48. The summed E-state index contributed by atoms with van der Waals surface area (Å²) in [7, 11) is 0. The summed E-state index contributed by atoms with van der Waals surface area (Å²) in [6.07, 6.45) is 5.93. The summed E-state index contributed by atoms with van der Waals surface area (Å²) in [6.45, 7) is 1.28. The lowest BCUT2D eigenvalue weighted by molar-refractivity contribution is -0.127. The fourth-order valence-corrected chi connectivity index (χ4v) is 4.46. The van der Waals surface area contributed by atoms with E-state index in [-0.39, 0.29) is 36.3 Å². The average molecular weight is 372 g/mol. The third-order valence-corrected chi connectivity index (χ3v) is 5.95. The maximum Gasteiger partial charge on any atom is 0.264 e. The zero-order chi connectivity index (χ0) is 16.2. The zero-order valence-corrected chi connectivity index (χ0v) is 15.4. The van der Waals surface area contributed by atoms with Crippen LogP contribution in [0.3, 0.4) is 0 Å². The average Bonchev–Trinajstić information content (AvgIpc) is 3.25. The minimum Gasteiger partial charge on any atom is -0.351 e. The molecule has 1 aliphatic heterocycles. The van der Waals surface area contributed by atoms with Crippen LogP contribution >= 0.6 is 23.7 Å². The molecule has 2 heterocycles. The minimum absolute atomic E-state index is 0. The molecule has 7 heteroatoms. The van der Waals surface area contributed by atoms with Crippen LogP contribution in [0.2, 0.25) is 0 Å².